The van der Waals surface area contributed by atoms with E-state index in [2.05, 4.69) is 100 Å². The maximum Gasteiger partial charge on any atom is 0.251 e. The van der Waals surface area contributed by atoms with Gasteiger partial charge in [-0.25, -0.2) is 0 Å². The van der Waals surface area contributed by atoms with E-state index >= 15 is 0 Å². The number of carbonyl (C=O) groups excluding carboxylic acids is 1. The number of ether oxygens (including phenoxy) is 2. The molecule has 4 rings (SSSR count). The van der Waals surface area contributed by atoms with Gasteiger partial charge in [0.1, 0.15) is 12.4 Å². The Morgan fingerprint density at radius 1 is 0.930 bits per heavy atom. The van der Waals surface area contributed by atoms with E-state index in [-0.39, 0.29) is 23.0 Å². The Kier molecular flexibility index (Phi) is 10.8. The van der Waals surface area contributed by atoms with Crippen LogP contribution in [-0.2, 0) is 4.74 Å². The Bertz CT molecular complexity index is 1200. The summed E-state index contributed by atoms with van der Waals surface area (Å²) >= 11 is 0. The number of amides is 1. The van der Waals surface area contributed by atoms with Crippen molar-refractivity contribution in [2.24, 2.45) is 0 Å². The molecule has 2 fully saturated rings. The monoisotopic (exact) mass is 592 g/mol. The molecule has 1 aliphatic heterocycles. The Morgan fingerprint density at radius 2 is 1.53 bits per heavy atom. The number of hydrogen-bond donors (Lipinski definition) is 2. The van der Waals surface area contributed by atoms with E-state index < -0.39 is 0 Å². The highest BCUT2D eigenvalue weighted by molar-refractivity contribution is 5.99. The first kappa shape index (κ1) is 33.3. The molecule has 1 heterocycles. The Labute approximate surface area is 260 Å². The van der Waals surface area contributed by atoms with Gasteiger partial charge in [-0.15, -0.1) is 0 Å². The average Bonchev–Trinajstić information content (AvgIpc) is 2.93. The summed E-state index contributed by atoms with van der Waals surface area (Å²) in [5, 5.41) is 7.19. The summed E-state index contributed by atoms with van der Waals surface area (Å²) in [5.41, 5.74) is 5.04. The van der Waals surface area contributed by atoms with Crippen LogP contribution in [0.4, 0.5) is 5.69 Å². The summed E-state index contributed by atoms with van der Waals surface area (Å²) in [7, 11) is 6.06. The minimum atomic E-state index is -0.0424. The van der Waals surface area contributed by atoms with Crippen molar-refractivity contribution < 1.29 is 14.3 Å². The van der Waals surface area contributed by atoms with E-state index in [1.807, 2.05) is 12.1 Å². The molecule has 238 valence electrons. The molecule has 1 saturated carbocycles. The molecule has 0 atom stereocenters. The van der Waals surface area contributed by atoms with Gasteiger partial charge >= 0.3 is 0 Å². The maximum absolute atomic E-state index is 14.1. The molecule has 0 unspecified atom stereocenters. The van der Waals surface area contributed by atoms with Gasteiger partial charge in [0.15, 0.2) is 0 Å². The first-order valence-electron chi connectivity index (χ1n) is 16.2. The Balaban J connectivity index is 1.68. The lowest BCUT2D eigenvalue weighted by Crippen LogP contribution is -2.62. The number of anilines is 1. The summed E-state index contributed by atoms with van der Waals surface area (Å²) in [6, 6.07) is 13.8. The van der Waals surface area contributed by atoms with Gasteiger partial charge in [-0.3, -0.25) is 4.79 Å². The standard InChI is InChI=1S/C36H56N4O3/c1-10-40(30-15-13-29(14-16-30)39(7)8)33-22-27(26-11-17-31(18-12-26)43-20-19-42-9)21-32(25(33)2)34(41)37-28-23-35(3,4)38-36(5,6)24-28/h11-12,17-18,21-22,28-30,38H,10,13-16,19-20,23-24H2,1-9H3,(H,37,41). The number of carbonyl (C=O) groups is 1. The highest BCUT2D eigenvalue weighted by Crippen LogP contribution is 2.36. The normalized spacial score (nSPS) is 21.9. The summed E-state index contributed by atoms with van der Waals surface area (Å²) in [6.45, 7) is 15.3. The molecule has 0 radical (unpaired) electrons. The quantitative estimate of drug-likeness (QED) is 0.294. The van der Waals surface area contributed by atoms with Gasteiger partial charge in [-0.1, -0.05) is 12.1 Å². The number of hydrogen-bond acceptors (Lipinski definition) is 6. The van der Waals surface area contributed by atoms with Crippen molar-refractivity contribution in [1.82, 2.24) is 15.5 Å². The van der Waals surface area contributed by atoms with Gasteiger partial charge in [0.2, 0.25) is 0 Å². The second-order valence-corrected chi connectivity index (χ2v) is 14.2. The van der Waals surface area contributed by atoms with Crippen LogP contribution in [0.5, 0.6) is 5.75 Å². The smallest absolute Gasteiger partial charge is 0.251 e. The lowest BCUT2D eigenvalue weighted by molar-refractivity contribution is 0.0872. The van der Waals surface area contributed by atoms with Gasteiger partial charge in [0.25, 0.3) is 5.91 Å². The Morgan fingerprint density at radius 3 is 2.09 bits per heavy atom. The topological polar surface area (TPSA) is 66.1 Å². The summed E-state index contributed by atoms with van der Waals surface area (Å²) < 4.78 is 10.9. The second-order valence-electron chi connectivity index (χ2n) is 14.2. The zero-order chi connectivity index (χ0) is 31.4. The van der Waals surface area contributed by atoms with E-state index in [4.69, 9.17) is 9.47 Å². The van der Waals surface area contributed by atoms with E-state index in [9.17, 15) is 4.79 Å². The number of methoxy groups -OCH3 is 1. The van der Waals surface area contributed by atoms with Crippen molar-refractivity contribution >= 4 is 11.6 Å². The molecule has 1 saturated heterocycles. The van der Waals surface area contributed by atoms with Crippen LogP contribution in [0.3, 0.4) is 0 Å². The molecule has 1 amide bonds. The van der Waals surface area contributed by atoms with Crippen LogP contribution in [0.25, 0.3) is 11.1 Å². The van der Waals surface area contributed by atoms with Crippen LogP contribution in [-0.4, -0.2) is 81.0 Å². The highest BCUT2D eigenvalue weighted by atomic mass is 16.5. The molecule has 2 N–H and O–H groups in total. The molecule has 2 aliphatic rings. The third kappa shape index (κ3) is 8.52. The van der Waals surface area contributed by atoms with Crippen molar-refractivity contribution in [1.29, 1.82) is 0 Å². The lowest BCUT2D eigenvalue weighted by atomic mass is 9.79. The predicted molar refractivity (Wildman–Crippen MR) is 179 cm³/mol. The molecule has 43 heavy (non-hydrogen) atoms. The highest BCUT2D eigenvalue weighted by Gasteiger charge is 2.38. The number of nitrogens with one attached hydrogen (secondary N) is 2. The van der Waals surface area contributed by atoms with Gasteiger partial charge < -0.3 is 29.9 Å². The molecule has 0 bridgehead atoms. The summed E-state index contributed by atoms with van der Waals surface area (Å²) in [5.74, 6) is 0.834. The Hall–Kier alpha value is -2.61. The van der Waals surface area contributed by atoms with Crippen molar-refractivity contribution in [3.05, 3.63) is 47.5 Å². The molecular weight excluding hydrogens is 536 g/mol. The zero-order valence-electron chi connectivity index (χ0n) is 28.2. The molecule has 7 heteroatoms. The van der Waals surface area contributed by atoms with Crippen LogP contribution >= 0.6 is 0 Å². The molecular formula is C36H56N4O3. The van der Waals surface area contributed by atoms with Crippen LogP contribution < -0.4 is 20.3 Å². The van der Waals surface area contributed by atoms with Gasteiger partial charge in [0.05, 0.1) is 6.61 Å². The van der Waals surface area contributed by atoms with E-state index in [1.54, 1.807) is 7.11 Å². The van der Waals surface area contributed by atoms with Crippen molar-refractivity contribution in [3.63, 3.8) is 0 Å². The maximum atomic E-state index is 14.1. The minimum absolute atomic E-state index is 0.0194. The SMILES string of the molecule is CCN(c1cc(-c2ccc(OCCOC)cc2)cc(C(=O)NC2CC(C)(C)NC(C)(C)C2)c1C)C1CCC(N(C)C)CC1. The van der Waals surface area contributed by atoms with Crippen LogP contribution in [0, 0.1) is 6.92 Å². The van der Waals surface area contributed by atoms with Crippen LogP contribution in [0.1, 0.15) is 89.1 Å². The van der Waals surface area contributed by atoms with Crippen molar-refractivity contribution in [3.8, 4) is 16.9 Å². The first-order chi connectivity index (χ1) is 20.3. The zero-order valence-corrected chi connectivity index (χ0v) is 28.2. The number of benzene rings is 2. The average molecular weight is 593 g/mol. The minimum Gasteiger partial charge on any atom is -0.491 e. The molecule has 0 spiro atoms. The summed E-state index contributed by atoms with van der Waals surface area (Å²) in [4.78, 5) is 19.0. The van der Waals surface area contributed by atoms with Crippen molar-refractivity contribution in [2.45, 2.75) is 109 Å². The molecule has 2 aromatic rings. The third-order valence-corrected chi connectivity index (χ3v) is 9.38. The molecule has 2 aromatic carbocycles. The fourth-order valence-corrected chi connectivity index (χ4v) is 7.59. The van der Waals surface area contributed by atoms with Crippen molar-refractivity contribution in [2.75, 3.05) is 45.9 Å². The lowest BCUT2D eigenvalue weighted by Gasteiger charge is -2.46. The van der Waals surface area contributed by atoms with E-state index in [0.29, 0.717) is 25.3 Å². The number of nitrogens with zero attached hydrogens (tertiary/aromatic N) is 2. The van der Waals surface area contributed by atoms with Crippen LogP contribution in [0.2, 0.25) is 0 Å². The second kappa shape index (κ2) is 14.0. The molecule has 7 nitrogen and oxygen atoms in total. The molecule has 1 aliphatic carbocycles. The predicted octanol–water partition coefficient (Wildman–Crippen LogP) is 6.43. The van der Waals surface area contributed by atoms with Crippen LogP contribution in [0.15, 0.2) is 36.4 Å². The van der Waals surface area contributed by atoms with Gasteiger partial charge in [-0.2, -0.15) is 0 Å². The largest absolute Gasteiger partial charge is 0.491 e. The fourth-order valence-electron chi connectivity index (χ4n) is 7.59. The summed E-state index contributed by atoms with van der Waals surface area (Å²) in [6.07, 6.45) is 6.52. The number of piperidine rings is 1. The van der Waals surface area contributed by atoms with E-state index in [0.717, 1.165) is 60.2 Å². The van der Waals surface area contributed by atoms with Gasteiger partial charge in [-0.05, 0) is 135 Å². The fraction of sp³-hybridized carbons (Fsp3) is 0.639. The first-order valence-corrected chi connectivity index (χ1v) is 16.2. The van der Waals surface area contributed by atoms with Gasteiger partial charge in [0, 0.05) is 54.1 Å². The molecule has 0 aromatic heterocycles. The third-order valence-electron chi connectivity index (χ3n) is 9.38. The number of rotatable bonds is 11. The van der Waals surface area contributed by atoms with E-state index in [1.165, 1.54) is 18.5 Å².